The van der Waals surface area contributed by atoms with Crippen molar-refractivity contribution in [3.8, 4) is 0 Å². The summed E-state index contributed by atoms with van der Waals surface area (Å²) in [6.45, 7) is 3.83. The highest BCUT2D eigenvalue weighted by molar-refractivity contribution is 9.10. The Kier molecular flexibility index (Phi) is 4.96. The predicted octanol–water partition coefficient (Wildman–Crippen LogP) is 3.03. The van der Waals surface area contributed by atoms with Gasteiger partial charge >= 0.3 is 0 Å². The molecule has 0 heterocycles. The van der Waals surface area contributed by atoms with Crippen molar-refractivity contribution in [2.24, 2.45) is 0 Å². The molecule has 0 aliphatic rings. The molecule has 0 spiro atoms. The summed E-state index contributed by atoms with van der Waals surface area (Å²) in [5.74, 6) is 0.838. The number of nitrogens with two attached hydrogens (primary N) is 1. The highest BCUT2D eigenvalue weighted by atomic mass is 79.9. The number of benzene rings is 1. The fourth-order valence-corrected chi connectivity index (χ4v) is 2.42. The highest BCUT2D eigenvalue weighted by Crippen LogP contribution is 2.25. The molecule has 2 nitrogen and oxygen atoms in total. The second-order valence-corrected chi connectivity index (χ2v) is 5.88. The largest absolute Gasteiger partial charge is 0.398 e. The van der Waals surface area contributed by atoms with Gasteiger partial charge in [-0.15, -0.1) is 0 Å². The van der Waals surface area contributed by atoms with E-state index < -0.39 is 0 Å². The molecule has 0 aliphatic heterocycles. The Balaban J connectivity index is 2.58. The fraction of sp³-hybridized carbons (Fsp3) is 0.455. The minimum absolute atomic E-state index is 0.230. The maximum Gasteiger partial charge on any atom is 0.0628 e. The van der Waals surface area contributed by atoms with E-state index in [1.165, 1.54) is 0 Å². The maximum atomic E-state index is 9.35. The van der Waals surface area contributed by atoms with Crippen molar-refractivity contribution >= 4 is 33.4 Å². The first-order valence-electron chi connectivity index (χ1n) is 4.84. The summed E-state index contributed by atoms with van der Waals surface area (Å²) in [6, 6.07) is 5.91. The van der Waals surface area contributed by atoms with Crippen LogP contribution >= 0.6 is 27.7 Å². The normalized spacial score (nSPS) is 14.9. The van der Waals surface area contributed by atoms with Crippen LogP contribution in [0.3, 0.4) is 0 Å². The van der Waals surface area contributed by atoms with E-state index in [0.717, 1.165) is 21.5 Å². The lowest BCUT2D eigenvalue weighted by Gasteiger charge is -2.14. The molecular weight excluding hydrogens is 274 g/mol. The molecule has 0 radical (unpaired) electrons. The summed E-state index contributed by atoms with van der Waals surface area (Å²) in [5, 5.41) is 9.58. The van der Waals surface area contributed by atoms with Gasteiger partial charge in [0.05, 0.1) is 6.10 Å². The second-order valence-electron chi connectivity index (χ2n) is 3.60. The van der Waals surface area contributed by atoms with Gasteiger partial charge in [-0.25, -0.2) is 0 Å². The highest BCUT2D eigenvalue weighted by Gasteiger charge is 2.10. The zero-order chi connectivity index (χ0) is 11.4. The van der Waals surface area contributed by atoms with Gasteiger partial charge in [-0.1, -0.05) is 28.9 Å². The van der Waals surface area contributed by atoms with Gasteiger partial charge in [0.25, 0.3) is 0 Å². The molecule has 1 aromatic carbocycles. The first kappa shape index (κ1) is 12.9. The molecular formula is C11H16BrNOS. The molecule has 0 saturated carbocycles. The van der Waals surface area contributed by atoms with E-state index in [0.29, 0.717) is 0 Å². The van der Waals surface area contributed by atoms with Crippen molar-refractivity contribution in [3.05, 3.63) is 28.2 Å². The Bertz CT molecular complexity index is 330. The van der Waals surface area contributed by atoms with Gasteiger partial charge in [-0.3, -0.25) is 0 Å². The predicted molar refractivity (Wildman–Crippen MR) is 71.0 cm³/mol. The van der Waals surface area contributed by atoms with Gasteiger partial charge in [0.15, 0.2) is 0 Å². The van der Waals surface area contributed by atoms with Crippen molar-refractivity contribution < 1.29 is 5.11 Å². The third kappa shape index (κ3) is 4.05. The summed E-state index contributed by atoms with van der Waals surface area (Å²) in [6.07, 6.45) is -0.285. The van der Waals surface area contributed by atoms with Crippen LogP contribution in [0.25, 0.3) is 0 Å². The molecule has 1 aromatic rings. The van der Waals surface area contributed by atoms with Crippen LogP contribution in [-0.2, 0) is 5.75 Å². The standard InChI is InChI=1S/C11H16BrNOS/c1-7(14)8(2)15-6-9-3-4-10(12)5-11(9)13/h3-5,7-8,14H,6,13H2,1-2H3. The van der Waals surface area contributed by atoms with Crippen LogP contribution in [0.15, 0.2) is 22.7 Å². The van der Waals surface area contributed by atoms with E-state index >= 15 is 0 Å². The van der Waals surface area contributed by atoms with Gasteiger partial charge in [-0.05, 0) is 24.6 Å². The Hall–Kier alpha value is -0.190. The summed E-state index contributed by atoms with van der Waals surface area (Å²) < 4.78 is 0.998. The monoisotopic (exact) mass is 289 g/mol. The molecule has 0 fully saturated rings. The van der Waals surface area contributed by atoms with Crippen LogP contribution < -0.4 is 5.73 Å². The van der Waals surface area contributed by atoms with Gasteiger partial charge in [-0.2, -0.15) is 11.8 Å². The van der Waals surface area contributed by atoms with Crippen LogP contribution in [0.5, 0.6) is 0 Å². The molecule has 3 N–H and O–H groups in total. The van der Waals surface area contributed by atoms with Gasteiger partial charge in [0.1, 0.15) is 0 Å². The number of halogens is 1. The summed E-state index contributed by atoms with van der Waals surface area (Å²) in [4.78, 5) is 0. The Morgan fingerprint density at radius 2 is 2.13 bits per heavy atom. The second kappa shape index (κ2) is 5.77. The number of aliphatic hydroxyl groups is 1. The van der Waals surface area contributed by atoms with Crippen molar-refractivity contribution in [1.29, 1.82) is 0 Å². The average molecular weight is 290 g/mol. The number of anilines is 1. The van der Waals surface area contributed by atoms with Crippen LogP contribution in [0.2, 0.25) is 0 Å². The first-order chi connectivity index (χ1) is 7.00. The van der Waals surface area contributed by atoms with E-state index in [4.69, 9.17) is 5.73 Å². The summed E-state index contributed by atoms with van der Waals surface area (Å²) >= 11 is 5.09. The number of hydrogen-bond donors (Lipinski definition) is 2. The third-order valence-corrected chi connectivity index (χ3v) is 4.18. The fourth-order valence-electron chi connectivity index (χ4n) is 1.06. The van der Waals surface area contributed by atoms with E-state index in [2.05, 4.69) is 15.9 Å². The van der Waals surface area contributed by atoms with E-state index in [-0.39, 0.29) is 11.4 Å². The van der Waals surface area contributed by atoms with Crippen molar-refractivity contribution in [1.82, 2.24) is 0 Å². The summed E-state index contributed by atoms with van der Waals surface area (Å²) in [7, 11) is 0. The lowest BCUT2D eigenvalue weighted by Crippen LogP contribution is -2.15. The molecule has 0 aromatic heterocycles. The third-order valence-electron chi connectivity index (χ3n) is 2.29. The van der Waals surface area contributed by atoms with E-state index in [1.54, 1.807) is 11.8 Å². The number of hydrogen-bond acceptors (Lipinski definition) is 3. The molecule has 0 amide bonds. The molecule has 84 valence electrons. The lowest BCUT2D eigenvalue weighted by molar-refractivity contribution is 0.196. The number of rotatable bonds is 4. The smallest absolute Gasteiger partial charge is 0.0628 e. The molecule has 4 heteroatoms. The van der Waals surface area contributed by atoms with E-state index in [1.807, 2.05) is 32.0 Å². The average Bonchev–Trinajstić information content (AvgIpc) is 2.15. The number of aliphatic hydroxyl groups excluding tert-OH is 1. The van der Waals surface area contributed by atoms with Crippen LogP contribution in [-0.4, -0.2) is 16.5 Å². The lowest BCUT2D eigenvalue weighted by atomic mass is 10.2. The topological polar surface area (TPSA) is 46.2 Å². The molecule has 0 bridgehead atoms. The van der Waals surface area contributed by atoms with Crippen LogP contribution in [0.1, 0.15) is 19.4 Å². The molecule has 1 rings (SSSR count). The van der Waals surface area contributed by atoms with Crippen LogP contribution in [0, 0.1) is 0 Å². The Morgan fingerprint density at radius 3 is 2.67 bits per heavy atom. The van der Waals surface area contributed by atoms with Crippen molar-refractivity contribution in [2.45, 2.75) is 31.0 Å². The van der Waals surface area contributed by atoms with E-state index in [9.17, 15) is 5.11 Å². The molecule has 0 aliphatic carbocycles. The number of thioether (sulfide) groups is 1. The summed E-state index contributed by atoms with van der Waals surface area (Å²) in [5.41, 5.74) is 7.80. The molecule has 15 heavy (non-hydrogen) atoms. The zero-order valence-electron chi connectivity index (χ0n) is 8.90. The molecule has 2 atom stereocenters. The maximum absolute atomic E-state index is 9.35. The first-order valence-corrected chi connectivity index (χ1v) is 6.68. The van der Waals surface area contributed by atoms with Crippen molar-refractivity contribution in [2.75, 3.05) is 5.73 Å². The van der Waals surface area contributed by atoms with Gasteiger partial charge in [0, 0.05) is 21.2 Å². The Labute approximate surface area is 103 Å². The quantitative estimate of drug-likeness (QED) is 0.838. The Morgan fingerprint density at radius 1 is 1.47 bits per heavy atom. The molecule has 2 unspecified atom stereocenters. The number of nitrogen functional groups attached to an aromatic ring is 1. The van der Waals surface area contributed by atoms with Gasteiger partial charge < -0.3 is 10.8 Å². The SMILES string of the molecule is CC(O)C(C)SCc1ccc(Br)cc1N. The van der Waals surface area contributed by atoms with Gasteiger partial charge in [0.2, 0.25) is 0 Å². The zero-order valence-corrected chi connectivity index (χ0v) is 11.3. The molecule has 0 saturated heterocycles. The van der Waals surface area contributed by atoms with Crippen molar-refractivity contribution in [3.63, 3.8) is 0 Å². The minimum Gasteiger partial charge on any atom is -0.398 e. The minimum atomic E-state index is -0.285. The van der Waals surface area contributed by atoms with Crippen LogP contribution in [0.4, 0.5) is 5.69 Å².